The third-order valence-electron chi connectivity index (χ3n) is 3.42. The van der Waals surface area contributed by atoms with E-state index < -0.39 is 5.60 Å². The van der Waals surface area contributed by atoms with E-state index in [1.54, 1.807) is 7.11 Å². The molecule has 0 aromatic heterocycles. The van der Waals surface area contributed by atoms with Gasteiger partial charge in [0.05, 0.1) is 6.61 Å². The molecule has 1 N–H and O–H groups in total. The summed E-state index contributed by atoms with van der Waals surface area (Å²) >= 11 is 0. The number of ether oxygens (including phenoxy) is 2. The van der Waals surface area contributed by atoms with E-state index in [-0.39, 0.29) is 5.91 Å². The topological polar surface area (TPSA) is 47.6 Å². The Hall–Kier alpha value is -1.55. The van der Waals surface area contributed by atoms with Crippen molar-refractivity contribution in [1.29, 1.82) is 0 Å². The zero-order valence-corrected chi connectivity index (χ0v) is 14.6. The molecule has 4 heteroatoms. The Morgan fingerprint density at radius 2 is 1.73 bits per heavy atom. The van der Waals surface area contributed by atoms with Crippen LogP contribution in [0.1, 0.15) is 41.0 Å². The van der Waals surface area contributed by atoms with Crippen LogP contribution in [0.25, 0.3) is 0 Å². The number of amides is 1. The third kappa shape index (κ3) is 5.68. The fourth-order valence-electron chi connectivity index (χ4n) is 2.21. The maximum absolute atomic E-state index is 12.4. The zero-order valence-electron chi connectivity index (χ0n) is 14.6. The molecule has 0 aliphatic heterocycles. The Balaban J connectivity index is 2.67. The Bertz CT molecular complexity index is 468. The molecule has 0 unspecified atom stereocenters. The number of benzene rings is 1. The van der Waals surface area contributed by atoms with Crippen LogP contribution in [0.2, 0.25) is 0 Å². The Morgan fingerprint density at radius 1 is 1.14 bits per heavy atom. The quantitative estimate of drug-likeness (QED) is 0.786. The van der Waals surface area contributed by atoms with Crippen molar-refractivity contribution in [2.24, 2.45) is 11.8 Å². The molecule has 0 aliphatic rings. The monoisotopic (exact) mass is 307 g/mol. The SMILES string of the molecule is CO[C@](C)(CC(C)C)C(=O)Nc1ccc(OCC(C)C)cc1. The van der Waals surface area contributed by atoms with Crippen molar-refractivity contribution in [1.82, 2.24) is 0 Å². The highest BCUT2D eigenvalue weighted by molar-refractivity contribution is 5.97. The van der Waals surface area contributed by atoms with Crippen LogP contribution >= 0.6 is 0 Å². The lowest BCUT2D eigenvalue weighted by Gasteiger charge is -2.28. The molecular weight excluding hydrogens is 278 g/mol. The standard InChI is InChI=1S/C18H29NO3/c1-13(2)11-18(5,21-6)17(20)19-15-7-9-16(10-8-15)22-12-14(3)4/h7-10,13-14H,11-12H2,1-6H3,(H,19,20)/t18-/m1/s1. The summed E-state index contributed by atoms with van der Waals surface area (Å²) in [7, 11) is 1.57. The minimum absolute atomic E-state index is 0.125. The molecule has 0 spiro atoms. The predicted molar refractivity (Wildman–Crippen MR) is 90.3 cm³/mol. The second-order valence-electron chi connectivity index (χ2n) is 6.72. The highest BCUT2D eigenvalue weighted by Gasteiger charge is 2.33. The van der Waals surface area contributed by atoms with Gasteiger partial charge in [-0.25, -0.2) is 0 Å². The molecule has 0 bridgehead atoms. The van der Waals surface area contributed by atoms with E-state index in [9.17, 15) is 4.79 Å². The Kier molecular flexibility index (Phi) is 6.88. The van der Waals surface area contributed by atoms with Crippen LogP contribution in [-0.2, 0) is 9.53 Å². The second kappa shape index (κ2) is 8.18. The number of hydrogen-bond donors (Lipinski definition) is 1. The van der Waals surface area contributed by atoms with Crippen LogP contribution in [0.4, 0.5) is 5.69 Å². The molecular formula is C18H29NO3. The summed E-state index contributed by atoms with van der Waals surface area (Å²) in [4.78, 5) is 12.4. The van der Waals surface area contributed by atoms with Gasteiger partial charge in [0.15, 0.2) is 0 Å². The molecule has 0 saturated heterocycles. The zero-order chi connectivity index (χ0) is 16.8. The first-order valence-electron chi connectivity index (χ1n) is 7.86. The number of nitrogens with one attached hydrogen (secondary N) is 1. The molecule has 0 heterocycles. The van der Waals surface area contributed by atoms with Crippen LogP contribution < -0.4 is 10.1 Å². The maximum Gasteiger partial charge on any atom is 0.256 e. The van der Waals surface area contributed by atoms with Gasteiger partial charge in [-0.15, -0.1) is 0 Å². The average molecular weight is 307 g/mol. The van der Waals surface area contributed by atoms with Crippen molar-refractivity contribution < 1.29 is 14.3 Å². The van der Waals surface area contributed by atoms with Gasteiger partial charge >= 0.3 is 0 Å². The summed E-state index contributed by atoms with van der Waals surface area (Å²) in [5, 5.41) is 2.91. The lowest BCUT2D eigenvalue weighted by Crippen LogP contribution is -2.43. The Labute approximate surface area is 134 Å². The van der Waals surface area contributed by atoms with Crippen molar-refractivity contribution in [2.75, 3.05) is 19.0 Å². The summed E-state index contributed by atoms with van der Waals surface area (Å²) < 4.78 is 11.1. The smallest absolute Gasteiger partial charge is 0.256 e. The van der Waals surface area contributed by atoms with Crippen LogP contribution in [0.3, 0.4) is 0 Å². The molecule has 0 aliphatic carbocycles. The van der Waals surface area contributed by atoms with E-state index >= 15 is 0 Å². The van der Waals surface area contributed by atoms with Gasteiger partial charge in [-0.2, -0.15) is 0 Å². The Morgan fingerprint density at radius 3 is 2.18 bits per heavy atom. The molecule has 124 valence electrons. The number of carbonyl (C=O) groups excluding carboxylic acids is 1. The van der Waals surface area contributed by atoms with Crippen LogP contribution in [0.15, 0.2) is 24.3 Å². The van der Waals surface area contributed by atoms with Gasteiger partial charge in [-0.05, 0) is 49.4 Å². The summed E-state index contributed by atoms with van der Waals surface area (Å²) in [6.07, 6.45) is 0.672. The largest absolute Gasteiger partial charge is 0.493 e. The van der Waals surface area contributed by atoms with Crippen LogP contribution in [0, 0.1) is 11.8 Å². The van der Waals surface area contributed by atoms with Crippen molar-refractivity contribution in [3.63, 3.8) is 0 Å². The minimum atomic E-state index is -0.818. The number of hydrogen-bond acceptors (Lipinski definition) is 3. The van der Waals surface area contributed by atoms with E-state index in [1.165, 1.54) is 0 Å². The van der Waals surface area contributed by atoms with E-state index in [1.807, 2.05) is 31.2 Å². The lowest BCUT2D eigenvalue weighted by atomic mass is 9.93. The highest BCUT2D eigenvalue weighted by atomic mass is 16.5. The third-order valence-corrected chi connectivity index (χ3v) is 3.42. The summed E-state index contributed by atoms with van der Waals surface area (Å²) in [5.41, 5.74) is -0.0741. The molecule has 1 aromatic carbocycles. The number of anilines is 1. The lowest BCUT2D eigenvalue weighted by molar-refractivity contribution is -0.137. The first-order chi connectivity index (χ1) is 10.3. The summed E-state index contributed by atoms with van der Waals surface area (Å²) in [6.45, 7) is 10.9. The molecule has 0 radical (unpaired) electrons. The molecule has 1 aromatic rings. The van der Waals surface area contributed by atoms with E-state index in [0.717, 1.165) is 11.4 Å². The fraction of sp³-hybridized carbons (Fsp3) is 0.611. The number of carbonyl (C=O) groups is 1. The highest BCUT2D eigenvalue weighted by Crippen LogP contribution is 2.23. The first kappa shape index (κ1) is 18.5. The predicted octanol–water partition coefficient (Wildman–Crippen LogP) is 4.11. The van der Waals surface area contributed by atoms with Crippen LogP contribution in [-0.4, -0.2) is 25.2 Å². The van der Waals surface area contributed by atoms with Gasteiger partial charge < -0.3 is 14.8 Å². The van der Waals surface area contributed by atoms with E-state index in [2.05, 4.69) is 33.0 Å². The molecule has 4 nitrogen and oxygen atoms in total. The molecule has 1 amide bonds. The van der Waals surface area contributed by atoms with Crippen molar-refractivity contribution >= 4 is 11.6 Å². The molecule has 1 atom stereocenters. The van der Waals surface area contributed by atoms with Gasteiger partial charge in [0.2, 0.25) is 0 Å². The molecule has 0 saturated carbocycles. The summed E-state index contributed by atoms with van der Waals surface area (Å²) in [5.74, 6) is 1.54. The minimum Gasteiger partial charge on any atom is -0.493 e. The van der Waals surface area contributed by atoms with Gasteiger partial charge in [0.25, 0.3) is 5.91 Å². The summed E-state index contributed by atoms with van der Waals surface area (Å²) in [6, 6.07) is 7.42. The number of rotatable bonds is 8. The van der Waals surface area contributed by atoms with Gasteiger partial charge in [0.1, 0.15) is 11.4 Å². The first-order valence-corrected chi connectivity index (χ1v) is 7.86. The van der Waals surface area contributed by atoms with Crippen molar-refractivity contribution in [3.05, 3.63) is 24.3 Å². The maximum atomic E-state index is 12.4. The van der Waals surface area contributed by atoms with E-state index in [4.69, 9.17) is 9.47 Å². The van der Waals surface area contributed by atoms with Crippen molar-refractivity contribution in [2.45, 2.75) is 46.6 Å². The molecule has 22 heavy (non-hydrogen) atoms. The van der Waals surface area contributed by atoms with Crippen molar-refractivity contribution in [3.8, 4) is 5.75 Å². The second-order valence-corrected chi connectivity index (χ2v) is 6.72. The van der Waals surface area contributed by atoms with Crippen LogP contribution in [0.5, 0.6) is 5.75 Å². The molecule has 0 fully saturated rings. The molecule has 1 rings (SSSR count). The van der Waals surface area contributed by atoms with Gasteiger partial charge in [-0.1, -0.05) is 27.7 Å². The van der Waals surface area contributed by atoms with Gasteiger partial charge in [-0.3, -0.25) is 4.79 Å². The van der Waals surface area contributed by atoms with E-state index in [0.29, 0.717) is 24.9 Å². The normalized spacial score (nSPS) is 14.0. The van der Waals surface area contributed by atoms with Gasteiger partial charge in [0, 0.05) is 12.8 Å². The fourth-order valence-corrected chi connectivity index (χ4v) is 2.21. The average Bonchev–Trinajstić information content (AvgIpc) is 2.45. The number of methoxy groups -OCH3 is 1.